The molecule has 5 N–H and O–H groups in total. The molecule has 2 aliphatic rings. The molecule has 12 heteroatoms. The van der Waals surface area contributed by atoms with Gasteiger partial charge in [0.05, 0.1) is 24.6 Å². The Bertz CT molecular complexity index is 1300. The molecule has 1 aliphatic heterocycles. The second-order valence-electron chi connectivity index (χ2n) is 8.61. The third-order valence-corrected chi connectivity index (χ3v) is 9.42. The highest BCUT2D eigenvalue weighted by atomic mass is 32.3. The zero-order valence-electron chi connectivity index (χ0n) is 18.3. The van der Waals surface area contributed by atoms with Crippen LogP contribution >= 0.6 is 10.6 Å². The minimum atomic E-state index is -3.35. The smallest absolute Gasteiger partial charge is 0.160 e. The van der Waals surface area contributed by atoms with Crippen LogP contribution in [-0.2, 0) is 5.54 Å². The van der Waals surface area contributed by atoms with E-state index >= 15 is 4.39 Å². The largest absolute Gasteiger partial charge is 0.495 e. The molecule has 0 amide bonds. The Kier molecular flexibility index (Phi) is 5.34. The van der Waals surface area contributed by atoms with Gasteiger partial charge in [-0.05, 0) is 37.5 Å². The number of alkyl halides is 1. The van der Waals surface area contributed by atoms with Crippen LogP contribution in [0, 0.1) is 5.82 Å². The number of nitrogens with one attached hydrogen (secondary N) is 1. The maximum atomic E-state index is 15.0. The Morgan fingerprint density at radius 2 is 2.00 bits per heavy atom. The number of pyridine rings is 1. The predicted molar refractivity (Wildman–Crippen MR) is 127 cm³/mol. The van der Waals surface area contributed by atoms with Crippen LogP contribution in [0.5, 0.6) is 5.75 Å². The fourth-order valence-corrected chi connectivity index (χ4v) is 7.15. The Morgan fingerprint density at radius 3 is 2.65 bits per heavy atom. The van der Waals surface area contributed by atoms with Crippen LogP contribution in [0.25, 0.3) is 11.0 Å². The van der Waals surface area contributed by atoms with Crippen LogP contribution in [0.15, 0.2) is 41.8 Å². The molecule has 9 nitrogen and oxygen atoms in total. The van der Waals surface area contributed by atoms with Gasteiger partial charge in [0.2, 0.25) is 0 Å². The lowest BCUT2D eigenvalue weighted by molar-refractivity contribution is 0.291. The highest BCUT2D eigenvalue weighted by Gasteiger charge is 2.59. The second kappa shape index (κ2) is 8.00. The number of benzene rings is 1. The van der Waals surface area contributed by atoms with Crippen molar-refractivity contribution < 1.29 is 22.6 Å². The Balaban J connectivity index is 1.56. The standard InChI is InChI=1S/C22H24F2N6O3S/c1-33-14-8-17-18(26-9-14)19(28-12-27-17)29-13-3-4-16(24)15(7-13)21(10-23)11-34(31,32)22(5-2-6-22)20(25)30-21/h3-4,7-9,12,31-32H,2,5-6,10-11H2,1H3,(H2,25,30)(H,27,28,29)/t21-/m1/s1. The number of anilines is 2. The van der Waals surface area contributed by atoms with Gasteiger partial charge in [-0.15, -0.1) is 0 Å². The van der Waals surface area contributed by atoms with E-state index in [1.54, 1.807) is 6.07 Å². The maximum absolute atomic E-state index is 15.0. The van der Waals surface area contributed by atoms with Crippen LogP contribution in [0.2, 0.25) is 0 Å². The van der Waals surface area contributed by atoms with E-state index in [4.69, 9.17) is 10.5 Å². The second-order valence-corrected chi connectivity index (χ2v) is 11.0. The number of nitrogens with two attached hydrogens (primary N) is 1. The van der Waals surface area contributed by atoms with Crippen LogP contribution in [-0.4, -0.2) is 54.2 Å². The Hall–Kier alpha value is -3.09. The van der Waals surface area contributed by atoms with Gasteiger partial charge in [0.15, 0.2) is 5.82 Å². The topological polar surface area (TPSA) is 139 Å². The molecule has 1 saturated carbocycles. The normalized spacial score (nSPS) is 23.7. The van der Waals surface area contributed by atoms with Crippen molar-refractivity contribution in [3.8, 4) is 5.75 Å². The van der Waals surface area contributed by atoms with Crippen molar-refractivity contribution in [1.29, 1.82) is 0 Å². The third-order valence-electron chi connectivity index (χ3n) is 6.67. The number of ether oxygens (including phenoxy) is 1. The molecule has 1 spiro atoms. The van der Waals surface area contributed by atoms with Gasteiger partial charge in [0.25, 0.3) is 0 Å². The number of aliphatic imine (C=N–C) groups is 1. The average Bonchev–Trinajstić information content (AvgIpc) is 2.78. The maximum Gasteiger partial charge on any atom is 0.160 e. The fraction of sp³-hybridized carbons (Fsp3) is 0.364. The molecule has 2 aromatic heterocycles. The summed E-state index contributed by atoms with van der Waals surface area (Å²) in [5.74, 6) is -0.309. The van der Waals surface area contributed by atoms with Crippen LogP contribution in [0.4, 0.5) is 20.3 Å². The lowest BCUT2D eigenvalue weighted by atomic mass is 9.82. The number of aromatic nitrogens is 3. The molecule has 1 aromatic carbocycles. The molecule has 0 radical (unpaired) electrons. The summed E-state index contributed by atoms with van der Waals surface area (Å²) in [6.45, 7) is -1.14. The quantitative estimate of drug-likeness (QED) is 0.419. The van der Waals surface area contributed by atoms with E-state index in [1.807, 2.05) is 0 Å². The van der Waals surface area contributed by atoms with Crippen LogP contribution < -0.4 is 15.8 Å². The first-order valence-corrected chi connectivity index (χ1v) is 12.3. The Labute approximate surface area is 195 Å². The molecule has 0 bridgehead atoms. The van der Waals surface area contributed by atoms with Crippen molar-refractivity contribution >= 4 is 39.0 Å². The van der Waals surface area contributed by atoms with Gasteiger partial charge in [-0.1, -0.05) is 0 Å². The van der Waals surface area contributed by atoms with Crippen molar-refractivity contribution in [2.24, 2.45) is 10.7 Å². The summed E-state index contributed by atoms with van der Waals surface area (Å²) in [6.07, 6.45) is 4.57. The van der Waals surface area contributed by atoms with Crippen molar-refractivity contribution in [3.63, 3.8) is 0 Å². The molecule has 1 aliphatic carbocycles. The predicted octanol–water partition coefficient (Wildman–Crippen LogP) is 4.13. The van der Waals surface area contributed by atoms with Gasteiger partial charge < -0.3 is 15.8 Å². The van der Waals surface area contributed by atoms with Gasteiger partial charge in [-0.3, -0.25) is 14.1 Å². The van der Waals surface area contributed by atoms with Crippen molar-refractivity contribution in [2.75, 3.05) is 24.9 Å². The first-order valence-electron chi connectivity index (χ1n) is 10.6. The van der Waals surface area contributed by atoms with Crippen LogP contribution in [0.3, 0.4) is 0 Å². The van der Waals surface area contributed by atoms with Crippen molar-refractivity contribution in [1.82, 2.24) is 15.0 Å². The summed E-state index contributed by atoms with van der Waals surface area (Å²) >= 11 is 0. The van der Waals surface area contributed by atoms with E-state index in [1.165, 1.54) is 37.8 Å². The minimum Gasteiger partial charge on any atom is -0.495 e. The molecule has 34 heavy (non-hydrogen) atoms. The van der Waals surface area contributed by atoms with E-state index in [0.717, 1.165) is 6.42 Å². The SMILES string of the molecule is COc1cnc2c(Nc3ccc(F)c([C@@]4(CF)CS(O)(O)C5(CCC5)C(N)=N4)c3)ncnc2c1. The van der Waals surface area contributed by atoms with Gasteiger partial charge in [0, 0.05) is 17.3 Å². The van der Waals surface area contributed by atoms with Gasteiger partial charge in [-0.2, -0.15) is 10.6 Å². The van der Waals surface area contributed by atoms with E-state index in [2.05, 4.69) is 25.3 Å². The summed E-state index contributed by atoms with van der Waals surface area (Å²) in [7, 11) is -1.83. The number of hydrogen-bond donors (Lipinski definition) is 4. The number of hydrogen-bond acceptors (Lipinski definition) is 9. The molecular weight excluding hydrogens is 466 g/mol. The van der Waals surface area contributed by atoms with E-state index < -0.39 is 39.1 Å². The molecule has 5 rings (SSSR count). The lowest BCUT2D eigenvalue weighted by Crippen LogP contribution is -2.60. The number of amidine groups is 1. The van der Waals surface area contributed by atoms with Gasteiger partial charge in [0.1, 0.15) is 46.2 Å². The van der Waals surface area contributed by atoms with Crippen molar-refractivity contribution in [3.05, 3.63) is 48.2 Å². The van der Waals surface area contributed by atoms with Crippen LogP contribution in [0.1, 0.15) is 24.8 Å². The third kappa shape index (κ3) is 3.36. The fourth-order valence-electron chi connectivity index (χ4n) is 4.59. The lowest BCUT2D eigenvalue weighted by Gasteiger charge is -2.60. The van der Waals surface area contributed by atoms with E-state index in [0.29, 0.717) is 41.1 Å². The van der Waals surface area contributed by atoms with E-state index in [9.17, 15) is 13.5 Å². The van der Waals surface area contributed by atoms with E-state index in [-0.39, 0.29) is 11.4 Å². The number of methoxy groups -OCH3 is 1. The number of nitrogens with zero attached hydrogens (tertiary/aromatic N) is 4. The molecule has 180 valence electrons. The summed E-state index contributed by atoms with van der Waals surface area (Å²) in [6, 6.07) is 5.71. The molecule has 1 fully saturated rings. The molecular formula is C22H24F2N6O3S. The molecule has 1 atom stereocenters. The number of fused-ring (bicyclic) bond motifs is 1. The number of halogens is 2. The zero-order chi connectivity index (χ0) is 24.1. The summed E-state index contributed by atoms with van der Waals surface area (Å²) < 4.78 is 55.6. The highest BCUT2D eigenvalue weighted by Crippen LogP contribution is 2.66. The molecule has 3 heterocycles. The van der Waals surface area contributed by atoms with Gasteiger partial charge >= 0.3 is 0 Å². The average molecular weight is 491 g/mol. The zero-order valence-corrected chi connectivity index (χ0v) is 19.1. The summed E-state index contributed by atoms with van der Waals surface area (Å²) in [4.78, 5) is 17.1. The van der Waals surface area contributed by atoms with Crippen molar-refractivity contribution in [2.45, 2.75) is 29.5 Å². The minimum absolute atomic E-state index is 0.0275. The first kappa shape index (κ1) is 22.7. The molecule has 0 unspecified atom stereocenters. The molecule has 0 saturated heterocycles. The first-order chi connectivity index (χ1) is 16.2. The monoisotopic (exact) mass is 490 g/mol. The Morgan fingerprint density at radius 1 is 1.21 bits per heavy atom. The highest BCUT2D eigenvalue weighted by molar-refractivity contribution is 8.26. The van der Waals surface area contributed by atoms with Gasteiger partial charge in [-0.25, -0.2) is 23.7 Å². The summed E-state index contributed by atoms with van der Waals surface area (Å²) in [5.41, 5.74) is 5.56. The molecule has 3 aromatic rings. The number of rotatable bonds is 5. The summed E-state index contributed by atoms with van der Waals surface area (Å²) in [5, 5.41) is 3.06.